The largest absolute Gasteiger partial charge is 0.356 e. The maximum atomic E-state index is 12.0. The molecule has 22 heavy (non-hydrogen) atoms. The molecule has 2 fully saturated rings. The lowest BCUT2D eigenvalue weighted by molar-refractivity contribution is 0.149. The fraction of sp³-hybridized carbons (Fsp3) is 0.688. The molecular formula is C16H25N5O. The molecule has 6 nitrogen and oxygen atoms in total. The van der Waals surface area contributed by atoms with Gasteiger partial charge < -0.3 is 15.1 Å². The molecule has 3 rings (SSSR count). The van der Waals surface area contributed by atoms with Crippen LogP contribution in [0, 0.1) is 20.8 Å². The van der Waals surface area contributed by atoms with E-state index in [1.54, 1.807) is 0 Å². The van der Waals surface area contributed by atoms with E-state index in [0.717, 1.165) is 62.8 Å². The van der Waals surface area contributed by atoms with Gasteiger partial charge in [-0.05, 0) is 40.0 Å². The topological polar surface area (TPSA) is 61.4 Å². The maximum Gasteiger partial charge on any atom is 0.317 e. The Labute approximate surface area is 131 Å². The molecule has 2 amide bonds. The normalized spacial score (nSPS) is 20.2. The zero-order valence-electron chi connectivity index (χ0n) is 13.7. The predicted molar refractivity (Wildman–Crippen MR) is 86.2 cm³/mol. The van der Waals surface area contributed by atoms with Gasteiger partial charge in [0.2, 0.25) is 0 Å². The number of nitrogens with one attached hydrogen (secondary N) is 1. The zero-order chi connectivity index (χ0) is 15.7. The van der Waals surface area contributed by atoms with Gasteiger partial charge in [0.05, 0.1) is 0 Å². The van der Waals surface area contributed by atoms with Crippen LogP contribution in [0.1, 0.15) is 36.3 Å². The van der Waals surface area contributed by atoms with Crippen molar-refractivity contribution in [2.24, 2.45) is 0 Å². The first-order valence-corrected chi connectivity index (χ1v) is 8.17. The van der Waals surface area contributed by atoms with E-state index in [1.807, 2.05) is 18.7 Å². The van der Waals surface area contributed by atoms with Crippen LogP contribution in [0.4, 0.5) is 10.6 Å². The quantitative estimate of drug-likeness (QED) is 0.905. The number of hydrogen-bond acceptors (Lipinski definition) is 4. The van der Waals surface area contributed by atoms with Gasteiger partial charge in [0.25, 0.3) is 0 Å². The van der Waals surface area contributed by atoms with Gasteiger partial charge in [0.15, 0.2) is 0 Å². The van der Waals surface area contributed by atoms with Crippen molar-refractivity contribution in [1.82, 2.24) is 20.2 Å². The van der Waals surface area contributed by atoms with Gasteiger partial charge in [0, 0.05) is 43.5 Å². The summed E-state index contributed by atoms with van der Waals surface area (Å²) in [6.45, 7) is 9.68. The lowest BCUT2D eigenvalue weighted by Gasteiger charge is -2.40. The average molecular weight is 303 g/mol. The summed E-state index contributed by atoms with van der Waals surface area (Å²) in [6, 6.07) is 0.468. The predicted octanol–water partition coefficient (Wildman–Crippen LogP) is 1.79. The first kappa shape index (κ1) is 15.1. The van der Waals surface area contributed by atoms with Crippen LogP contribution in [0.2, 0.25) is 0 Å². The summed E-state index contributed by atoms with van der Waals surface area (Å²) < 4.78 is 0. The second-order valence-corrected chi connectivity index (χ2v) is 6.30. The number of piperidine rings is 1. The fourth-order valence-electron chi connectivity index (χ4n) is 3.44. The van der Waals surface area contributed by atoms with Crippen molar-refractivity contribution in [1.29, 1.82) is 0 Å². The average Bonchev–Trinajstić information content (AvgIpc) is 2.52. The number of urea groups is 1. The molecule has 0 aromatic carbocycles. The molecule has 0 unspecified atom stereocenters. The van der Waals surface area contributed by atoms with Gasteiger partial charge in [-0.15, -0.1) is 0 Å². The zero-order valence-corrected chi connectivity index (χ0v) is 13.7. The fourth-order valence-corrected chi connectivity index (χ4v) is 3.44. The van der Waals surface area contributed by atoms with Crippen LogP contribution in [0.5, 0.6) is 0 Å². The van der Waals surface area contributed by atoms with Crippen LogP contribution in [-0.2, 0) is 0 Å². The Morgan fingerprint density at radius 3 is 2.50 bits per heavy atom. The van der Waals surface area contributed by atoms with Crippen molar-refractivity contribution in [3.8, 4) is 0 Å². The first-order chi connectivity index (χ1) is 10.6. The molecule has 6 heteroatoms. The van der Waals surface area contributed by atoms with Crippen LogP contribution in [0.3, 0.4) is 0 Å². The molecule has 1 aromatic rings. The van der Waals surface area contributed by atoms with Crippen molar-refractivity contribution in [2.75, 3.05) is 31.1 Å². The molecule has 2 saturated heterocycles. The molecule has 0 radical (unpaired) electrons. The summed E-state index contributed by atoms with van der Waals surface area (Å²) in [5, 5.41) is 2.95. The highest BCUT2D eigenvalue weighted by Crippen LogP contribution is 2.25. The highest BCUT2D eigenvalue weighted by molar-refractivity contribution is 5.75. The van der Waals surface area contributed by atoms with E-state index < -0.39 is 0 Å². The number of carbonyl (C=O) groups is 1. The Morgan fingerprint density at radius 1 is 1.09 bits per heavy atom. The van der Waals surface area contributed by atoms with E-state index >= 15 is 0 Å². The Balaban J connectivity index is 1.68. The minimum absolute atomic E-state index is 0.106. The third-order valence-corrected chi connectivity index (χ3v) is 4.79. The second-order valence-electron chi connectivity index (χ2n) is 6.30. The molecule has 0 atom stereocenters. The number of hydrogen-bond donors (Lipinski definition) is 1. The minimum atomic E-state index is 0.106. The van der Waals surface area contributed by atoms with Gasteiger partial charge in [-0.2, -0.15) is 0 Å². The van der Waals surface area contributed by atoms with Gasteiger partial charge in [0.1, 0.15) is 11.6 Å². The molecule has 3 heterocycles. The van der Waals surface area contributed by atoms with Gasteiger partial charge in [-0.3, -0.25) is 0 Å². The van der Waals surface area contributed by atoms with Crippen LogP contribution in [0.15, 0.2) is 0 Å². The molecule has 0 bridgehead atoms. The molecule has 0 saturated carbocycles. The minimum Gasteiger partial charge on any atom is -0.356 e. The number of nitrogens with zero attached hydrogens (tertiary/aromatic N) is 4. The van der Waals surface area contributed by atoms with Gasteiger partial charge in [-0.25, -0.2) is 14.8 Å². The molecule has 120 valence electrons. The van der Waals surface area contributed by atoms with Gasteiger partial charge in [-0.1, -0.05) is 0 Å². The third-order valence-electron chi connectivity index (χ3n) is 4.79. The van der Waals surface area contributed by atoms with E-state index in [1.165, 1.54) is 5.56 Å². The lowest BCUT2D eigenvalue weighted by atomic mass is 10.0. The Hall–Kier alpha value is -1.85. The van der Waals surface area contributed by atoms with Crippen LogP contribution in [-0.4, -0.2) is 53.1 Å². The summed E-state index contributed by atoms with van der Waals surface area (Å²) in [7, 11) is 0. The van der Waals surface area contributed by atoms with Crippen molar-refractivity contribution >= 4 is 11.8 Å². The highest BCUT2D eigenvalue weighted by atomic mass is 16.2. The molecule has 2 aliphatic rings. The molecule has 2 aliphatic heterocycles. The Morgan fingerprint density at radius 2 is 1.82 bits per heavy atom. The van der Waals surface area contributed by atoms with E-state index in [0.29, 0.717) is 6.04 Å². The molecular weight excluding hydrogens is 278 g/mol. The van der Waals surface area contributed by atoms with Crippen molar-refractivity contribution in [2.45, 2.75) is 46.1 Å². The van der Waals surface area contributed by atoms with E-state index in [2.05, 4.69) is 27.1 Å². The number of anilines is 1. The molecule has 1 aromatic heterocycles. The van der Waals surface area contributed by atoms with Crippen molar-refractivity contribution in [3.63, 3.8) is 0 Å². The summed E-state index contributed by atoms with van der Waals surface area (Å²) in [6.07, 6.45) is 3.07. The number of carbonyl (C=O) groups excluding carboxylic acids is 1. The maximum absolute atomic E-state index is 12.0. The summed E-state index contributed by atoms with van der Waals surface area (Å²) in [4.78, 5) is 25.4. The number of aromatic nitrogens is 2. The summed E-state index contributed by atoms with van der Waals surface area (Å²) >= 11 is 0. The van der Waals surface area contributed by atoms with Crippen molar-refractivity contribution < 1.29 is 4.79 Å². The Kier molecular flexibility index (Phi) is 4.18. The summed E-state index contributed by atoms with van der Waals surface area (Å²) in [5.41, 5.74) is 2.22. The number of aryl methyl sites for hydroxylation is 2. The van der Waals surface area contributed by atoms with E-state index in [-0.39, 0.29) is 6.03 Å². The monoisotopic (exact) mass is 303 g/mol. The first-order valence-electron chi connectivity index (χ1n) is 8.17. The van der Waals surface area contributed by atoms with E-state index in [9.17, 15) is 4.79 Å². The Bertz CT molecular complexity index is 566. The van der Waals surface area contributed by atoms with Crippen LogP contribution < -0.4 is 10.2 Å². The third kappa shape index (κ3) is 2.87. The van der Waals surface area contributed by atoms with Crippen LogP contribution in [0.25, 0.3) is 0 Å². The lowest BCUT2D eigenvalue weighted by Crippen LogP contribution is -2.54. The smallest absolute Gasteiger partial charge is 0.317 e. The highest BCUT2D eigenvalue weighted by Gasteiger charge is 2.30. The number of amides is 2. The van der Waals surface area contributed by atoms with Gasteiger partial charge >= 0.3 is 6.03 Å². The SMILES string of the molecule is Cc1nc(C)c(C)c(N2CCC(N3CCCNC3=O)CC2)n1. The standard InChI is InChI=1S/C16H25N5O/c1-11-12(2)18-13(3)19-15(11)20-9-5-14(6-10-20)21-8-4-7-17-16(21)22/h14H,4-10H2,1-3H3,(H,17,22). The van der Waals surface area contributed by atoms with Crippen LogP contribution >= 0.6 is 0 Å². The van der Waals surface area contributed by atoms with E-state index in [4.69, 9.17) is 0 Å². The van der Waals surface area contributed by atoms with Crippen molar-refractivity contribution in [3.05, 3.63) is 17.1 Å². The molecule has 0 aliphatic carbocycles. The number of rotatable bonds is 2. The molecule has 0 spiro atoms. The molecule has 1 N–H and O–H groups in total. The summed E-state index contributed by atoms with van der Waals surface area (Å²) in [5.74, 6) is 1.89. The second kappa shape index (κ2) is 6.10.